The second kappa shape index (κ2) is 7.20. The zero-order chi connectivity index (χ0) is 17.1. The predicted octanol–water partition coefficient (Wildman–Crippen LogP) is 3.60. The minimum atomic E-state index is 0.554. The van der Waals surface area contributed by atoms with Crippen LogP contribution in [-0.2, 0) is 13.1 Å². The van der Waals surface area contributed by atoms with Crippen LogP contribution in [0.4, 0.5) is 0 Å². The van der Waals surface area contributed by atoms with Crippen molar-refractivity contribution in [3.05, 3.63) is 60.2 Å². The van der Waals surface area contributed by atoms with Crippen LogP contribution in [0.5, 0.6) is 0 Å². The van der Waals surface area contributed by atoms with Crippen LogP contribution in [0.2, 0.25) is 0 Å². The van der Waals surface area contributed by atoms with Gasteiger partial charge in [0.1, 0.15) is 0 Å². The van der Waals surface area contributed by atoms with Gasteiger partial charge in [-0.2, -0.15) is 0 Å². The van der Waals surface area contributed by atoms with Crippen molar-refractivity contribution in [2.75, 3.05) is 13.3 Å². The molecule has 4 heteroatoms. The van der Waals surface area contributed by atoms with Crippen molar-refractivity contribution >= 4 is 0 Å². The molecule has 0 aliphatic carbocycles. The molecule has 0 bridgehead atoms. The first-order valence-electron chi connectivity index (χ1n) is 8.96. The van der Waals surface area contributed by atoms with Gasteiger partial charge in [-0.3, -0.25) is 0 Å². The van der Waals surface area contributed by atoms with Crippen LogP contribution in [-0.4, -0.2) is 45.0 Å². The topological polar surface area (TPSA) is 13.0 Å². The molecule has 0 spiro atoms. The molecule has 3 rings (SSSR count). The first-order valence-corrected chi connectivity index (χ1v) is 8.96. The molecule has 4 nitrogen and oxygen atoms in total. The molecule has 1 aromatic carbocycles. The molecule has 2 aliphatic heterocycles. The Morgan fingerprint density at radius 3 is 1.46 bits per heavy atom. The first kappa shape index (κ1) is 16.7. The van der Waals surface area contributed by atoms with Crippen LogP contribution >= 0.6 is 0 Å². The fourth-order valence-corrected chi connectivity index (χ4v) is 3.15. The summed E-state index contributed by atoms with van der Waals surface area (Å²) in [4.78, 5) is 9.51. The smallest absolute Gasteiger partial charge is 0.0899 e. The highest BCUT2D eigenvalue weighted by molar-refractivity contribution is 5.28. The van der Waals surface area contributed by atoms with Gasteiger partial charge in [0, 0.05) is 50.0 Å². The average molecular weight is 326 g/mol. The molecule has 0 N–H and O–H groups in total. The highest BCUT2D eigenvalue weighted by Crippen LogP contribution is 2.20. The Morgan fingerprint density at radius 2 is 1.12 bits per heavy atom. The molecule has 0 saturated carbocycles. The third kappa shape index (κ3) is 3.86. The molecule has 0 atom stereocenters. The van der Waals surface area contributed by atoms with E-state index in [4.69, 9.17) is 0 Å². The lowest BCUT2D eigenvalue weighted by atomic mass is 10.1. The molecule has 130 valence electrons. The largest absolute Gasteiger partial charge is 0.356 e. The Morgan fingerprint density at radius 1 is 0.708 bits per heavy atom. The number of hydrogen-bond donors (Lipinski definition) is 0. The molecule has 24 heavy (non-hydrogen) atoms. The third-order valence-electron chi connectivity index (χ3n) is 4.82. The molecule has 0 amide bonds. The lowest BCUT2D eigenvalue weighted by Crippen LogP contribution is -2.31. The Hall–Kier alpha value is -2.10. The minimum Gasteiger partial charge on any atom is -0.356 e. The van der Waals surface area contributed by atoms with Gasteiger partial charge >= 0.3 is 0 Å². The Bertz CT molecular complexity index is 552. The van der Waals surface area contributed by atoms with Crippen molar-refractivity contribution in [3.8, 4) is 0 Å². The van der Waals surface area contributed by atoms with Crippen molar-refractivity contribution < 1.29 is 0 Å². The number of nitrogens with zero attached hydrogens (tertiary/aromatic N) is 4. The maximum Gasteiger partial charge on any atom is 0.0899 e. The lowest BCUT2D eigenvalue weighted by molar-refractivity contribution is 0.220. The Labute approximate surface area is 146 Å². The van der Waals surface area contributed by atoms with Crippen molar-refractivity contribution in [3.63, 3.8) is 0 Å². The van der Waals surface area contributed by atoms with E-state index in [9.17, 15) is 0 Å². The van der Waals surface area contributed by atoms with E-state index >= 15 is 0 Å². The van der Waals surface area contributed by atoms with Gasteiger partial charge < -0.3 is 19.6 Å². The van der Waals surface area contributed by atoms with Gasteiger partial charge in [0.2, 0.25) is 0 Å². The van der Waals surface area contributed by atoms with Crippen LogP contribution in [0.15, 0.2) is 49.1 Å². The molecule has 0 radical (unpaired) electrons. The highest BCUT2D eigenvalue weighted by Gasteiger charge is 2.18. The molecule has 2 aliphatic rings. The number of rotatable bonds is 6. The summed E-state index contributed by atoms with van der Waals surface area (Å²) in [5.74, 6) is 0. The fourth-order valence-electron chi connectivity index (χ4n) is 3.15. The van der Waals surface area contributed by atoms with Gasteiger partial charge in [-0.1, -0.05) is 24.3 Å². The lowest BCUT2D eigenvalue weighted by Gasteiger charge is -2.27. The molecule has 2 heterocycles. The summed E-state index contributed by atoms with van der Waals surface area (Å²) in [7, 11) is 0. The van der Waals surface area contributed by atoms with Crippen molar-refractivity contribution in [1.29, 1.82) is 0 Å². The van der Waals surface area contributed by atoms with Gasteiger partial charge in [0.05, 0.1) is 13.3 Å². The summed E-state index contributed by atoms with van der Waals surface area (Å²) in [6.07, 6.45) is 8.84. The third-order valence-corrected chi connectivity index (χ3v) is 4.82. The van der Waals surface area contributed by atoms with Gasteiger partial charge in [0.25, 0.3) is 0 Å². The molecule has 0 unspecified atom stereocenters. The molecule has 0 fully saturated rings. The molecule has 0 aromatic heterocycles. The second-order valence-electron chi connectivity index (χ2n) is 7.36. The van der Waals surface area contributed by atoms with Crippen LogP contribution in [0.25, 0.3) is 0 Å². The Balaban J connectivity index is 1.62. The van der Waals surface area contributed by atoms with Crippen LogP contribution < -0.4 is 0 Å². The van der Waals surface area contributed by atoms with Gasteiger partial charge in [-0.05, 0) is 38.8 Å². The maximum absolute atomic E-state index is 2.39. The summed E-state index contributed by atoms with van der Waals surface area (Å²) in [6.45, 7) is 12.9. The maximum atomic E-state index is 2.39. The molecule has 1 aromatic rings. The summed E-state index contributed by atoms with van der Waals surface area (Å²) in [5.41, 5.74) is 2.84. The van der Waals surface area contributed by atoms with Crippen LogP contribution in [0, 0.1) is 0 Å². The molecule has 0 saturated heterocycles. The van der Waals surface area contributed by atoms with E-state index in [-0.39, 0.29) is 0 Å². The van der Waals surface area contributed by atoms with Crippen LogP contribution in [0.3, 0.4) is 0 Å². The van der Waals surface area contributed by atoms with Gasteiger partial charge in [-0.15, -0.1) is 0 Å². The monoisotopic (exact) mass is 326 g/mol. The molecular formula is C20H30N4. The quantitative estimate of drug-likeness (QED) is 0.792. The highest BCUT2D eigenvalue weighted by atomic mass is 15.4. The van der Waals surface area contributed by atoms with E-state index in [0.29, 0.717) is 12.1 Å². The van der Waals surface area contributed by atoms with E-state index in [1.54, 1.807) is 0 Å². The normalized spacial score (nSPS) is 17.2. The van der Waals surface area contributed by atoms with Crippen LogP contribution in [0.1, 0.15) is 38.8 Å². The summed E-state index contributed by atoms with van der Waals surface area (Å²) >= 11 is 0. The van der Waals surface area contributed by atoms with Gasteiger partial charge in [0.15, 0.2) is 0 Å². The summed E-state index contributed by atoms with van der Waals surface area (Å²) in [5, 5.41) is 0. The second-order valence-corrected chi connectivity index (χ2v) is 7.36. The van der Waals surface area contributed by atoms with E-state index in [1.807, 2.05) is 0 Å². The standard InChI is InChI=1S/C20H30N4/c1-17(2)23-11-9-21(15-23)13-19-7-5-6-8-20(19)14-22-10-12-24(16-22)18(3)4/h5-12,17-18H,13-16H2,1-4H3. The first-order chi connectivity index (χ1) is 11.5. The van der Waals surface area contributed by atoms with Crippen molar-refractivity contribution in [2.24, 2.45) is 0 Å². The van der Waals surface area contributed by atoms with Crippen molar-refractivity contribution in [1.82, 2.24) is 19.6 Å². The van der Waals surface area contributed by atoms with Gasteiger partial charge in [-0.25, -0.2) is 0 Å². The zero-order valence-corrected chi connectivity index (χ0v) is 15.4. The van der Waals surface area contributed by atoms with E-state index in [1.165, 1.54) is 11.1 Å². The predicted molar refractivity (Wildman–Crippen MR) is 99.5 cm³/mol. The zero-order valence-electron chi connectivity index (χ0n) is 15.4. The minimum absolute atomic E-state index is 0.554. The number of hydrogen-bond acceptors (Lipinski definition) is 4. The van der Waals surface area contributed by atoms with E-state index in [2.05, 4.69) is 96.4 Å². The van der Waals surface area contributed by atoms with E-state index in [0.717, 1.165) is 26.4 Å². The number of benzene rings is 1. The van der Waals surface area contributed by atoms with Crippen molar-refractivity contribution in [2.45, 2.75) is 52.9 Å². The summed E-state index contributed by atoms with van der Waals surface area (Å²) in [6, 6.07) is 9.94. The van der Waals surface area contributed by atoms with E-state index < -0.39 is 0 Å². The summed E-state index contributed by atoms with van der Waals surface area (Å²) < 4.78 is 0. The Kier molecular flexibility index (Phi) is 5.03. The molecular weight excluding hydrogens is 296 g/mol. The fraction of sp³-hybridized carbons (Fsp3) is 0.500. The average Bonchev–Trinajstić information content (AvgIpc) is 3.18. The SMILES string of the molecule is CC(C)N1C=CN(Cc2ccccc2CN2C=CN(C(C)C)C2)C1.